The topological polar surface area (TPSA) is 95.0 Å². The molecule has 1 aliphatic carbocycles. The van der Waals surface area contributed by atoms with Crippen molar-refractivity contribution in [3.05, 3.63) is 29.8 Å². The largest absolute Gasteiger partial charge is 0.508 e. The van der Waals surface area contributed by atoms with E-state index in [0.717, 1.165) is 25.5 Å². The number of ether oxygens (including phenoxy) is 1. The molecule has 1 amide bonds. The van der Waals surface area contributed by atoms with Gasteiger partial charge in [-0.1, -0.05) is 19.3 Å². The minimum Gasteiger partial charge on any atom is -0.508 e. The number of hydrogen-bond acceptors (Lipinski definition) is 4. The van der Waals surface area contributed by atoms with Gasteiger partial charge in [0.25, 0.3) is 5.91 Å². The normalized spacial score (nSPS) is 15.2. The number of guanidine groups is 1. The average molecular weight is 391 g/mol. The van der Waals surface area contributed by atoms with Crippen LogP contribution in [0.2, 0.25) is 0 Å². The van der Waals surface area contributed by atoms with Gasteiger partial charge in [-0.2, -0.15) is 0 Å². The van der Waals surface area contributed by atoms with Gasteiger partial charge in [0.2, 0.25) is 0 Å². The zero-order valence-electron chi connectivity index (χ0n) is 16.9. The molecular weight excluding hydrogens is 356 g/mol. The quantitative estimate of drug-likeness (QED) is 0.280. The standard InChI is InChI=1S/C21H34N4O3/c1-2-22-21(24-13-6-16-28-19-7-4-3-5-8-19)25-15-14-23-20(27)17-9-11-18(26)12-10-17/h9-12,19,26H,2-8,13-16H2,1H3,(H,23,27)(H2,22,24,25). The molecule has 156 valence electrons. The Morgan fingerprint density at radius 3 is 2.54 bits per heavy atom. The fourth-order valence-corrected chi connectivity index (χ4v) is 3.15. The van der Waals surface area contributed by atoms with Crippen LogP contribution in [0.3, 0.4) is 0 Å². The lowest BCUT2D eigenvalue weighted by atomic mass is 9.98. The van der Waals surface area contributed by atoms with Crippen molar-refractivity contribution in [2.75, 3.05) is 32.8 Å². The molecule has 0 atom stereocenters. The summed E-state index contributed by atoms with van der Waals surface area (Å²) in [4.78, 5) is 16.6. The highest BCUT2D eigenvalue weighted by molar-refractivity contribution is 5.94. The number of nitrogens with one attached hydrogen (secondary N) is 3. The van der Waals surface area contributed by atoms with E-state index in [2.05, 4.69) is 20.9 Å². The minimum atomic E-state index is -0.163. The number of carbonyl (C=O) groups is 1. The van der Waals surface area contributed by atoms with E-state index >= 15 is 0 Å². The van der Waals surface area contributed by atoms with E-state index in [1.807, 2.05) is 6.92 Å². The number of phenols is 1. The molecule has 1 saturated carbocycles. The first-order chi connectivity index (χ1) is 13.7. The molecule has 7 heteroatoms. The summed E-state index contributed by atoms with van der Waals surface area (Å²) in [5.41, 5.74) is 0.524. The van der Waals surface area contributed by atoms with E-state index in [0.29, 0.717) is 31.3 Å². The second kappa shape index (κ2) is 13.0. The molecule has 2 rings (SSSR count). The Hall–Kier alpha value is -2.28. The molecule has 28 heavy (non-hydrogen) atoms. The smallest absolute Gasteiger partial charge is 0.251 e. The van der Waals surface area contributed by atoms with Crippen molar-refractivity contribution >= 4 is 11.9 Å². The Bertz CT molecular complexity index is 598. The first-order valence-electron chi connectivity index (χ1n) is 10.4. The fourth-order valence-electron chi connectivity index (χ4n) is 3.15. The number of aliphatic imine (C=N–C) groups is 1. The summed E-state index contributed by atoms with van der Waals surface area (Å²) in [6.45, 7) is 5.33. The van der Waals surface area contributed by atoms with Crippen LogP contribution in [-0.2, 0) is 4.74 Å². The summed E-state index contributed by atoms with van der Waals surface area (Å²) >= 11 is 0. The molecule has 0 bridgehead atoms. The molecule has 0 unspecified atom stereocenters. The van der Waals surface area contributed by atoms with E-state index in [1.54, 1.807) is 12.1 Å². The van der Waals surface area contributed by atoms with Crippen molar-refractivity contribution in [3.8, 4) is 5.75 Å². The lowest BCUT2D eigenvalue weighted by Gasteiger charge is -2.21. The number of phenolic OH excluding ortho intramolecular Hbond substituents is 1. The lowest BCUT2D eigenvalue weighted by molar-refractivity contribution is 0.0281. The van der Waals surface area contributed by atoms with Crippen LogP contribution in [0.4, 0.5) is 0 Å². The van der Waals surface area contributed by atoms with E-state index in [1.165, 1.54) is 44.2 Å². The zero-order valence-corrected chi connectivity index (χ0v) is 16.9. The van der Waals surface area contributed by atoms with Crippen LogP contribution in [0.25, 0.3) is 0 Å². The molecule has 4 N–H and O–H groups in total. The molecular formula is C21H34N4O3. The second-order valence-electron chi connectivity index (χ2n) is 6.97. The summed E-state index contributed by atoms with van der Waals surface area (Å²) in [5.74, 6) is 0.733. The SMILES string of the molecule is CCNC(=NCCCOC1CCCCC1)NCCNC(=O)c1ccc(O)cc1. The number of rotatable bonds is 10. The molecule has 0 spiro atoms. The monoisotopic (exact) mass is 390 g/mol. The summed E-state index contributed by atoms with van der Waals surface area (Å²) in [6, 6.07) is 6.19. The predicted octanol–water partition coefficient (Wildman–Crippen LogP) is 2.42. The van der Waals surface area contributed by atoms with Gasteiger partial charge in [0.05, 0.1) is 6.10 Å². The van der Waals surface area contributed by atoms with E-state index in [-0.39, 0.29) is 11.7 Å². The molecule has 1 fully saturated rings. The van der Waals surface area contributed by atoms with Crippen molar-refractivity contribution in [1.82, 2.24) is 16.0 Å². The van der Waals surface area contributed by atoms with Crippen LogP contribution in [0.1, 0.15) is 55.8 Å². The number of amides is 1. The first kappa shape index (κ1) is 22.0. The highest BCUT2D eigenvalue weighted by Crippen LogP contribution is 2.20. The fraction of sp³-hybridized carbons (Fsp3) is 0.619. The van der Waals surface area contributed by atoms with Gasteiger partial charge in [-0.15, -0.1) is 0 Å². The van der Waals surface area contributed by atoms with Gasteiger partial charge in [-0.3, -0.25) is 9.79 Å². The number of carbonyl (C=O) groups excluding carboxylic acids is 1. The highest BCUT2D eigenvalue weighted by Gasteiger charge is 2.12. The third-order valence-electron chi connectivity index (χ3n) is 4.65. The summed E-state index contributed by atoms with van der Waals surface area (Å²) < 4.78 is 5.93. The van der Waals surface area contributed by atoms with Gasteiger partial charge >= 0.3 is 0 Å². The van der Waals surface area contributed by atoms with Gasteiger partial charge in [-0.05, 0) is 50.5 Å². The molecule has 1 aliphatic rings. The Kier molecular flexibility index (Phi) is 10.2. The number of benzene rings is 1. The van der Waals surface area contributed by atoms with Crippen LogP contribution in [0.15, 0.2) is 29.3 Å². The molecule has 0 saturated heterocycles. The maximum absolute atomic E-state index is 12.0. The maximum Gasteiger partial charge on any atom is 0.251 e. The molecule has 1 aromatic rings. The summed E-state index contributed by atoms with van der Waals surface area (Å²) in [7, 11) is 0. The van der Waals surface area contributed by atoms with E-state index < -0.39 is 0 Å². The third kappa shape index (κ3) is 8.61. The predicted molar refractivity (Wildman–Crippen MR) is 112 cm³/mol. The first-order valence-corrected chi connectivity index (χ1v) is 10.4. The van der Waals surface area contributed by atoms with Crippen LogP contribution < -0.4 is 16.0 Å². The Labute approximate surface area is 168 Å². The van der Waals surface area contributed by atoms with Gasteiger partial charge in [0, 0.05) is 38.3 Å². The Morgan fingerprint density at radius 1 is 1.11 bits per heavy atom. The number of hydrogen-bond donors (Lipinski definition) is 4. The zero-order chi connectivity index (χ0) is 20.0. The number of aromatic hydroxyl groups is 1. The van der Waals surface area contributed by atoms with E-state index in [4.69, 9.17) is 4.74 Å². The van der Waals surface area contributed by atoms with Gasteiger partial charge in [-0.25, -0.2) is 0 Å². The van der Waals surface area contributed by atoms with Gasteiger partial charge < -0.3 is 25.8 Å². The van der Waals surface area contributed by atoms with Gasteiger partial charge in [0.15, 0.2) is 5.96 Å². The Balaban J connectivity index is 1.60. The Morgan fingerprint density at radius 2 is 1.82 bits per heavy atom. The van der Waals surface area contributed by atoms with Crippen molar-refractivity contribution in [2.24, 2.45) is 4.99 Å². The average Bonchev–Trinajstić information content (AvgIpc) is 2.72. The van der Waals surface area contributed by atoms with E-state index in [9.17, 15) is 9.90 Å². The molecule has 0 aliphatic heterocycles. The van der Waals surface area contributed by atoms with Crippen molar-refractivity contribution < 1.29 is 14.6 Å². The molecule has 7 nitrogen and oxygen atoms in total. The maximum atomic E-state index is 12.0. The summed E-state index contributed by atoms with van der Waals surface area (Å²) in [6.07, 6.45) is 7.68. The number of nitrogens with zero attached hydrogens (tertiary/aromatic N) is 1. The highest BCUT2D eigenvalue weighted by atomic mass is 16.5. The van der Waals surface area contributed by atoms with Crippen molar-refractivity contribution in [1.29, 1.82) is 0 Å². The van der Waals surface area contributed by atoms with Crippen molar-refractivity contribution in [3.63, 3.8) is 0 Å². The second-order valence-corrected chi connectivity index (χ2v) is 6.97. The molecule has 1 aromatic carbocycles. The molecule has 0 aromatic heterocycles. The lowest BCUT2D eigenvalue weighted by Crippen LogP contribution is -2.41. The minimum absolute atomic E-state index is 0.147. The van der Waals surface area contributed by atoms with Crippen molar-refractivity contribution in [2.45, 2.75) is 51.6 Å². The third-order valence-corrected chi connectivity index (χ3v) is 4.65. The van der Waals surface area contributed by atoms with Crippen LogP contribution >= 0.6 is 0 Å². The van der Waals surface area contributed by atoms with Crippen LogP contribution in [-0.4, -0.2) is 55.9 Å². The van der Waals surface area contributed by atoms with Crippen LogP contribution in [0.5, 0.6) is 5.75 Å². The van der Waals surface area contributed by atoms with Crippen LogP contribution in [0, 0.1) is 0 Å². The summed E-state index contributed by atoms with van der Waals surface area (Å²) in [5, 5.41) is 18.5. The molecule has 0 radical (unpaired) electrons. The molecule has 0 heterocycles. The van der Waals surface area contributed by atoms with Gasteiger partial charge in [0.1, 0.15) is 5.75 Å².